The molecule has 0 rings (SSSR count). The van der Waals surface area contributed by atoms with Crippen LogP contribution < -0.4 is 4.89 Å². The van der Waals surface area contributed by atoms with Crippen molar-refractivity contribution in [3.8, 4) is 0 Å². The maximum Gasteiger partial charge on any atom is 0.306 e. The Morgan fingerprint density at radius 3 is 0.904 bits per heavy atom. The molecule has 0 aromatic heterocycles. The molecule has 2 atom stereocenters. The molecule has 546 valence electrons. The summed E-state index contributed by atoms with van der Waals surface area (Å²) in [6, 6.07) is 0. The summed E-state index contributed by atoms with van der Waals surface area (Å²) >= 11 is 0. The lowest BCUT2D eigenvalue weighted by Crippen LogP contribution is -2.37. The van der Waals surface area contributed by atoms with Gasteiger partial charge in [-0.1, -0.05) is 361 Å². The van der Waals surface area contributed by atoms with E-state index in [0.717, 1.165) is 77.0 Å². The molecular weight excluding hydrogens is 1180 g/mol. The average Bonchev–Trinajstić information content (AvgIpc) is 1.56. The summed E-state index contributed by atoms with van der Waals surface area (Å²) in [5.41, 5.74) is 0. The molecule has 0 aliphatic carbocycles. The summed E-state index contributed by atoms with van der Waals surface area (Å²) in [6.07, 6.45) is 104. The van der Waals surface area contributed by atoms with E-state index in [4.69, 9.17) is 18.5 Å². The van der Waals surface area contributed by atoms with Gasteiger partial charge >= 0.3 is 11.9 Å². The number of hydrogen-bond donors (Lipinski definition) is 0. The lowest BCUT2D eigenvalue weighted by molar-refractivity contribution is -0.870. The second-order valence-corrected chi connectivity index (χ2v) is 29.5. The smallest absolute Gasteiger partial charge is 0.306 e. The Bertz CT molecular complexity index is 1910. The van der Waals surface area contributed by atoms with Gasteiger partial charge in [0, 0.05) is 12.8 Å². The number of carbonyl (C=O) groups is 2. The second kappa shape index (κ2) is 74.2. The van der Waals surface area contributed by atoms with E-state index < -0.39 is 26.5 Å². The molecule has 0 saturated heterocycles. The van der Waals surface area contributed by atoms with Crippen molar-refractivity contribution in [3.05, 3.63) is 97.2 Å². The summed E-state index contributed by atoms with van der Waals surface area (Å²) in [7, 11) is 1.18. The van der Waals surface area contributed by atoms with Crippen LogP contribution in [-0.2, 0) is 32.7 Å². The summed E-state index contributed by atoms with van der Waals surface area (Å²) in [4.78, 5) is 38.2. The Labute approximate surface area is 583 Å². The normalized spacial score (nSPS) is 13.6. The van der Waals surface area contributed by atoms with Gasteiger partial charge in [-0.3, -0.25) is 14.2 Å². The largest absolute Gasteiger partial charge is 0.756 e. The van der Waals surface area contributed by atoms with E-state index in [-0.39, 0.29) is 32.0 Å². The molecule has 0 spiro atoms. The number of ether oxygens (including phenoxy) is 2. The lowest BCUT2D eigenvalue weighted by atomic mass is 10.0. The summed E-state index contributed by atoms with van der Waals surface area (Å²) in [5, 5.41) is 0. The van der Waals surface area contributed by atoms with Crippen LogP contribution in [0.4, 0.5) is 0 Å². The van der Waals surface area contributed by atoms with Crippen LogP contribution >= 0.6 is 7.82 Å². The molecule has 0 heterocycles. The molecule has 0 aliphatic rings. The van der Waals surface area contributed by atoms with Crippen molar-refractivity contribution < 1.29 is 42.1 Å². The topological polar surface area (TPSA) is 111 Å². The number of allylic oxidation sites excluding steroid dienone is 16. The van der Waals surface area contributed by atoms with Crippen molar-refractivity contribution in [2.24, 2.45) is 0 Å². The molecule has 0 saturated carbocycles. The van der Waals surface area contributed by atoms with Crippen LogP contribution in [-0.4, -0.2) is 70.0 Å². The SMILES string of the molecule is CC/C=C\C/C=C\C/C=C\C/C=C\C/C=C\CCCCCCCCCCCCCCCCCCCCCCCCCC(=O)OC(COC(=O)CCCCCCCCCCCCCCCCCC/C=C\C/C=C\C/C=C\CCCCCCC)COP(=O)([O-])OCC[N+](C)(C)C. The molecule has 0 amide bonds. The predicted molar refractivity (Wildman–Crippen MR) is 406 cm³/mol. The molecule has 0 fully saturated rings. The first kappa shape index (κ1) is 90.9. The summed E-state index contributed by atoms with van der Waals surface area (Å²) < 4.78 is 34.4. The molecule has 0 bridgehead atoms. The molecule has 0 aliphatic heterocycles. The molecule has 94 heavy (non-hydrogen) atoms. The van der Waals surface area contributed by atoms with E-state index in [0.29, 0.717) is 17.4 Å². The number of nitrogens with zero attached hydrogens (tertiary/aromatic N) is 1. The van der Waals surface area contributed by atoms with Crippen LogP contribution in [0.3, 0.4) is 0 Å². The number of unbranched alkanes of at least 4 members (excludes halogenated alkanes) is 44. The van der Waals surface area contributed by atoms with Crippen molar-refractivity contribution in [2.75, 3.05) is 47.5 Å². The molecule has 9 nitrogen and oxygen atoms in total. The Hall–Kier alpha value is -3.07. The first-order valence-corrected chi connectivity index (χ1v) is 41.4. The van der Waals surface area contributed by atoms with Gasteiger partial charge in [-0.2, -0.15) is 0 Å². The molecule has 10 heteroatoms. The number of phosphoric ester groups is 1. The molecule has 0 aromatic rings. The highest BCUT2D eigenvalue weighted by Gasteiger charge is 2.22. The minimum atomic E-state index is -4.65. The fourth-order valence-corrected chi connectivity index (χ4v) is 12.2. The third-order valence-corrected chi connectivity index (χ3v) is 18.6. The quantitative estimate of drug-likeness (QED) is 0.0195. The number of esters is 2. The van der Waals surface area contributed by atoms with E-state index in [1.807, 2.05) is 21.1 Å². The maximum atomic E-state index is 12.9. The van der Waals surface area contributed by atoms with Gasteiger partial charge in [-0.25, -0.2) is 0 Å². The van der Waals surface area contributed by atoms with Crippen LogP contribution in [0, 0.1) is 0 Å². The number of likely N-dealkylation sites (N-methyl/N-ethyl adjacent to an activating group) is 1. The highest BCUT2D eigenvalue weighted by Crippen LogP contribution is 2.38. The average molecular weight is 1340 g/mol. The number of carbonyl (C=O) groups excluding carboxylic acids is 2. The van der Waals surface area contributed by atoms with Crippen molar-refractivity contribution in [1.29, 1.82) is 0 Å². The predicted octanol–water partition coefficient (Wildman–Crippen LogP) is 26.0. The first-order valence-electron chi connectivity index (χ1n) is 39.9. The second-order valence-electron chi connectivity index (χ2n) is 28.0. The van der Waals surface area contributed by atoms with Crippen LogP contribution in [0.25, 0.3) is 0 Å². The van der Waals surface area contributed by atoms with Crippen LogP contribution in [0.5, 0.6) is 0 Å². The number of phosphoric acid groups is 1. The Morgan fingerprint density at radius 2 is 0.606 bits per heavy atom. The number of quaternary nitrogens is 1. The molecule has 2 unspecified atom stereocenters. The van der Waals surface area contributed by atoms with Gasteiger partial charge < -0.3 is 27.9 Å². The zero-order chi connectivity index (χ0) is 68.3. The molecule has 0 N–H and O–H groups in total. The third kappa shape index (κ3) is 77.9. The Kier molecular flexibility index (Phi) is 71.7. The Balaban J connectivity index is 3.93. The zero-order valence-corrected chi connectivity index (χ0v) is 63.3. The van der Waals surface area contributed by atoms with Gasteiger partial charge in [0.05, 0.1) is 27.7 Å². The van der Waals surface area contributed by atoms with Gasteiger partial charge in [0.2, 0.25) is 0 Å². The van der Waals surface area contributed by atoms with Gasteiger partial charge in [-0.15, -0.1) is 0 Å². The maximum absolute atomic E-state index is 12.9. The fraction of sp³-hybridized carbons (Fsp3) is 0.786. The fourth-order valence-electron chi connectivity index (χ4n) is 11.5. The zero-order valence-electron chi connectivity index (χ0n) is 62.4. The minimum absolute atomic E-state index is 0.0308. The van der Waals surface area contributed by atoms with Crippen molar-refractivity contribution >= 4 is 19.8 Å². The Morgan fingerprint density at radius 1 is 0.340 bits per heavy atom. The standard InChI is InChI=1S/C84H152NO8P/c1-6-8-10-12-14-16-18-20-22-24-26-28-30-32-34-36-38-39-40-41-42-43-44-45-47-49-51-53-55-57-59-61-63-65-67-69-71-73-75-77-84(87)93-82(81-92-94(88,89)91-79-78-85(3,4)5)80-90-83(86)76-74-72-70-68-66-64-62-60-58-56-54-52-50-48-46-37-35-33-31-29-27-25-23-21-19-17-15-13-11-9-7-2/h8,10,14,16,19-22,25-28,31-34,82H,6-7,9,11-13,15,17-18,23-24,29-30,35-81H2,1-5H3/b10-8-,16-14-,21-19-,22-20-,27-25-,28-26-,33-31-,34-32-. The van der Waals surface area contributed by atoms with E-state index in [9.17, 15) is 19.0 Å². The van der Waals surface area contributed by atoms with Crippen LogP contribution in [0.1, 0.15) is 373 Å². The molecular formula is C84H152NO8P. The van der Waals surface area contributed by atoms with E-state index >= 15 is 0 Å². The third-order valence-electron chi connectivity index (χ3n) is 17.6. The highest BCUT2D eigenvalue weighted by atomic mass is 31.2. The van der Waals surface area contributed by atoms with E-state index in [1.165, 1.54) is 263 Å². The van der Waals surface area contributed by atoms with Crippen molar-refractivity contribution in [1.82, 2.24) is 0 Å². The first-order chi connectivity index (χ1) is 46.0. The van der Waals surface area contributed by atoms with E-state index in [1.54, 1.807) is 0 Å². The molecule has 0 aromatic carbocycles. The highest BCUT2D eigenvalue weighted by molar-refractivity contribution is 7.45. The monoisotopic (exact) mass is 1330 g/mol. The van der Waals surface area contributed by atoms with Crippen molar-refractivity contribution in [2.45, 2.75) is 380 Å². The van der Waals surface area contributed by atoms with Gasteiger partial charge in [0.1, 0.15) is 19.8 Å². The molecule has 0 radical (unpaired) electrons. The van der Waals surface area contributed by atoms with Crippen LogP contribution in [0.15, 0.2) is 97.2 Å². The van der Waals surface area contributed by atoms with Gasteiger partial charge in [0.25, 0.3) is 7.82 Å². The van der Waals surface area contributed by atoms with Gasteiger partial charge in [0.15, 0.2) is 6.10 Å². The summed E-state index contributed by atoms with van der Waals surface area (Å²) in [6.45, 7) is 4.17. The van der Waals surface area contributed by atoms with Gasteiger partial charge in [-0.05, 0) is 96.3 Å². The number of rotatable bonds is 74. The number of hydrogen-bond acceptors (Lipinski definition) is 8. The summed E-state index contributed by atoms with van der Waals surface area (Å²) in [5.74, 6) is -0.817. The van der Waals surface area contributed by atoms with E-state index in [2.05, 4.69) is 111 Å². The lowest BCUT2D eigenvalue weighted by Gasteiger charge is -2.28. The van der Waals surface area contributed by atoms with Crippen LogP contribution in [0.2, 0.25) is 0 Å². The minimum Gasteiger partial charge on any atom is -0.756 e. The van der Waals surface area contributed by atoms with Crippen molar-refractivity contribution in [3.63, 3.8) is 0 Å².